The van der Waals surface area contributed by atoms with Gasteiger partial charge >= 0.3 is 0 Å². The fourth-order valence-corrected chi connectivity index (χ4v) is 1.97. The van der Waals surface area contributed by atoms with E-state index in [-0.39, 0.29) is 5.82 Å². The van der Waals surface area contributed by atoms with Crippen LogP contribution < -0.4 is 5.32 Å². The third kappa shape index (κ3) is 3.15. The molecule has 0 aliphatic heterocycles. The van der Waals surface area contributed by atoms with Crippen molar-refractivity contribution in [1.29, 1.82) is 0 Å². The lowest BCUT2D eigenvalue weighted by Gasteiger charge is -2.10. The normalized spacial score (nSPS) is 10.4. The lowest BCUT2D eigenvalue weighted by Crippen LogP contribution is -2.02. The largest absolute Gasteiger partial charge is 0.380 e. The topological polar surface area (TPSA) is 12.0 Å². The molecule has 94 valence electrons. The molecule has 0 spiro atoms. The summed E-state index contributed by atoms with van der Waals surface area (Å²) in [6, 6.07) is 10.3. The van der Waals surface area contributed by atoms with Crippen molar-refractivity contribution >= 4 is 28.9 Å². The van der Waals surface area contributed by atoms with E-state index < -0.39 is 0 Å². The van der Waals surface area contributed by atoms with E-state index in [0.717, 1.165) is 11.3 Å². The molecule has 0 radical (unpaired) electrons. The monoisotopic (exact) mass is 283 g/mol. The van der Waals surface area contributed by atoms with Crippen molar-refractivity contribution < 1.29 is 4.39 Å². The number of aryl methyl sites for hydroxylation is 1. The van der Waals surface area contributed by atoms with Gasteiger partial charge in [0.15, 0.2) is 0 Å². The van der Waals surface area contributed by atoms with Crippen LogP contribution in [0.1, 0.15) is 11.1 Å². The zero-order valence-corrected chi connectivity index (χ0v) is 11.3. The summed E-state index contributed by atoms with van der Waals surface area (Å²) in [6.07, 6.45) is 0. The van der Waals surface area contributed by atoms with Crippen LogP contribution in [0.15, 0.2) is 36.4 Å². The van der Waals surface area contributed by atoms with Gasteiger partial charge < -0.3 is 5.32 Å². The summed E-state index contributed by atoms with van der Waals surface area (Å²) in [4.78, 5) is 0. The van der Waals surface area contributed by atoms with E-state index in [1.165, 1.54) is 6.07 Å². The predicted molar refractivity (Wildman–Crippen MR) is 74.9 cm³/mol. The van der Waals surface area contributed by atoms with Crippen molar-refractivity contribution in [2.45, 2.75) is 13.5 Å². The van der Waals surface area contributed by atoms with Crippen molar-refractivity contribution in [3.05, 3.63) is 63.4 Å². The molecule has 18 heavy (non-hydrogen) atoms. The standard InChI is InChI=1S/C14H12Cl2FN/c1-9-2-5-12(16)14(6-9)18-8-10-3-4-11(15)7-13(10)17/h2-7,18H,8H2,1H3. The first-order valence-corrected chi connectivity index (χ1v) is 6.26. The number of halogens is 3. The van der Waals surface area contributed by atoms with Crippen LogP contribution in [0, 0.1) is 12.7 Å². The lowest BCUT2D eigenvalue weighted by molar-refractivity contribution is 0.613. The first kappa shape index (κ1) is 13.2. The van der Waals surface area contributed by atoms with Crippen molar-refractivity contribution in [2.24, 2.45) is 0 Å². The Kier molecular flexibility index (Phi) is 4.10. The summed E-state index contributed by atoms with van der Waals surface area (Å²) in [5.41, 5.74) is 2.45. The third-order valence-corrected chi connectivity index (χ3v) is 3.17. The molecule has 0 bridgehead atoms. The number of rotatable bonds is 3. The Hall–Kier alpha value is -1.25. The maximum absolute atomic E-state index is 13.6. The van der Waals surface area contributed by atoms with Gasteiger partial charge in [0.25, 0.3) is 0 Å². The van der Waals surface area contributed by atoms with Crippen molar-refractivity contribution in [1.82, 2.24) is 0 Å². The zero-order chi connectivity index (χ0) is 13.1. The molecule has 0 amide bonds. The molecule has 0 aliphatic rings. The van der Waals surface area contributed by atoms with Gasteiger partial charge in [-0.15, -0.1) is 0 Å². The maximum atomic E-state index is 13.6. The molecule has 0 atom stereocenters. The zero-order valence-electron chi connectivity index (χ0n) is 9.81. The van der Waals surface area contributed by atoms with Gasteiger partial charge in [-0.3, -0.25) is 0 Å². The molecule has 1 N–H and O–H groups in total. The van der Waals surface area contributed by atoms with Crippen LogP contribution in [0.25, 0.3) is 0 Å². The summed E-state index contributed by atoms with van der Waals surface area (Å²) in [5.74, 6) is -0.321. The maximum Gasteiger partial charge on any atom is 0.129 e. The van der Waals surface area contributed by atoms with Gasteiger partial charge in [-0.05, 0) is 36.8 Å². The molecule has 4 heteroatoms. The molecule has 0 saturated heterocycles. The highest BCUT2D eigenvalue weighted by molar-refractivity contribution is 6.33. The SMILES string of the molecule is Cc1ccc(Cl)c(NCc2ccc(Cl)cc2F)c1. The van der Waals surface area contributed by atoms with Gasteiger partial charge in [0, 0.05) is 17.1 Å². The molecule has 0 saturated carbocycles. The number of hydrogen-bond donors (Lipinski definition) is 1. The molecule has 0 heterocycles. The van der Waals surface area contributed by atoms with Gasteiger partial charge in [0.05, 0.1) is 10.7 Å². The van der Waals surface area contributed by atoms with Gasteiger partial charge in [-0.25, -0.2) is 4.39 Å². The Morgan fingerprint density at radius 1 is 1.11 bits per heavy atom. The van der Waals surface area contributed by atoms with Crippen molar-refractivity contribution in [2.75, 3.05) is 5.32 Å². The average Bonchev–Trinajstić information content (AvgIpc) is 2.32. The summed E-state index contributed by atoms with van der Waals surface area (Å²) < 4.78 is 13.6. The van der Waals surface area contributed by atoms with Gasteiger partial charge in [-0.2, -0.15) is 0 Å². The summed E-state index contributed by atoms with van der Waals surface area (Å²) in [5, 5.41) is 4.13. The van der Waals surface area contributed by atoms with Gasteiger partial charge in [-0.1, -0.05) is 35.3 Å². The van der Waals surface area contributed by atoms with Crippen LogP contribution in [0.5, 0.6) is 0 Å². The first-order valence-electron chi connectivity index (χ1n) is 5.50. The minimum atomic E-state index is -0.321. The second-order valence-electron chi connectivity index (χ2n) is 4.07. The van der Waals surface area contributed by atoms with E-state index in [1.54, 1.807) is 12.1 Å². The average molecular weight is 284 g/mol. The van der Waals surface area contributed by atoms with Crippen LogP contribution in [0.3, 0.4) is 0 Å². The van der Waals surface area contributed by atoms with Gasteiger partial charge in [0.2, 0.25) is 0 Å². The molecule has 0 unspecified atom stereocenters. The number of hydrogen-bond acceptors (Lipinski definition) is 1. The van der Waals surface area contributed by atoms with E-state index in [9.17, 15) is 4.39 Å². The summed E-state index contributed by atoms with van der Waals surface area (Å²) in [7, 11) is 0. The highest BCUT2D eigenvalue weighted by Crippen LogP contribution is 2.24. The highest BCUT2D eigenvalue weighted by Gasteiger charge is 2.04. The molecule has 0 fully saturated rings. The van der Waals surface area contributed by atoms with E-state index >= 15 is 0 Å². The Balaban J connectivity index is 2.13. The van der Waals surface area contributed by atoms with Gasteiger partial charge in [0.1, 0.15) is 5.82 Å². The van der Waals surface area contributed by atoms with Crippen LogP contribution >= 0.6 is 23.2 Å². The summed E-state index contributed by atoms with van der Waals surface area (Å²) >= 11 is 11.7. The first-order chi connectivity index (χ1) is 8.56. The van der Waals surface area contributed by atoms with E-state index in [2.05, 4.69) is 5.32 Å². The van der Waals surface area contributed by atoms with Crippen LogP contribution in [-0.4, -0.2) is 0 Å². The third-order valence-electron chi connectivity index (χ3n) is 2.61. The number of nitrogens with one attached hydrogen (secondary N) is 1. The Labute approximate surface area is 116 Å². The molecule has 0 aromatic heterocycles. The van der Waals surface area contributed by atoms with Crippen LogP contribution in [-0.2, 0) is 6.54 Å². The molecule has 1 nitrogen and oxygen atoms in total. The van der Waals surface area contributed by atoms with E-state index in [1.807, 2.05) is 25.1 Å². The molecular weight excluding hydrogens is 272 g/mol. The Bertz CT molecular complexity index is 570. The van der Waals surface area contributed by atoms with Crippen LogP contribution in [0.2, 0.25) is 10.0 Å². The summed E-state index contributed by atoms with van der Waals surface area (Å²) in [6.45, 7) is 2.34. The minimum absolute atomic E-state index is 0.321. The quantitative estimate of drug-likeness (QED) is 0.831. The number of anilines is 1. The minimum Gasteiger partial charge on any atom is -0.380 e. The van der Waals surface area contributed by atoms with E-state index in [0.29, 0.717) is 22.2 Å². The lowest BCUT2D eigenvalue weighted by atomic mass is 10.2. The van der Waals surface area contributed by atoms with Crippen molar-refractivity contribution in [3.8, 4) is 0 Å². The molecule has 0 aliphatic carbocycles. The molecule has 2 aromatic carbocycles. The smallest absolute Gasteiger partial charge is 0.129 e. The molecule has 2 aromatic rings. The molecule has 2 rings (SSSR count). The predicted octanol–water partition coefficient (Wildman–Crippen LogP) is 5.05. The van der Waals surface area contributed by atoms with E-state index in [4.69, 9.17) is 23.2 Å². The van der Waals surface area contributed by atoms with Crippen LogP contribution in [0.4, 0.5) is 10.1 Å². The number of benzene rings is 2. The second kappa shape index (κ2) is 5.59. The second-order valence-corrected chi connectivity index (χ2v) is 4.92. The van der Waals surface area contributed by atoms with Crippen molar-refractivity contribution in [3.63, 3.8) is 0 Å². The Morgan fingerprint density at radius 3 is 2.61 bits per heavy atom. The Morgan fingerprint density at radius 2 is 1.89 bits per heavy atom. The molecular formula is C14H12Cl2FN. The highest BCUT2D eigenvalue weighted by atomic mass is 35.5. The fourth-order valence-electron chi connectivity index (χ4n) is 1.63. The fraction of sp³-hybridized carbons (Fsp3) is 0.143.